The van der Waals surface area contributed by atoms with Crippen molar-refractivity contribution in [3.05, 3.63) is 97.2 Å². The van der Waals surface area contributed by atoms with E-state index in [2.05, 4.69) is 111 Å². The maximum Gasteiger partial charge on any atom is 0.472 e. The topological polar surface area (TPSA) is 111 Å². The highest BCUT2D eigenvalue weighted by atomic mass is 31.2. The van der Waals surface area contributed by atoms with Gasteiger partial charge in [-0.1, -0.05) is 317 Å². The molecule has 0 saturated heterocycles. The Labute approximate surface area is 551 Å². The lowest BCUT2D eigenvalue weighted by Gasteiger charge is -2.27. The van der Waals surface area contributed by atoms with E-state index >= 15 is 0 Å². The van der Waals surface area contributed by atoms with Crippen LogP contribution in [0.15, 0.2) is 97.2 Å². The maximum atomic E-state index is 13.6. The van der Waals surface area contributed by atoms with Crippen LogP contribution in [0.2, 0.25) is 0 Å². The maximum absolute atomic E-state index is 13.6. The molecule has 0 aromatic carbocycles. The molecule has 516 valence electrons. The van der Waals surface area contributed by atoms with Gasteiger partial charge >= 0.3 is 13.8 Å². The molecule has 0 aromatic heterocycles. The minimum atomic E-state index is -4.46. The molecule has 1 amide bonds. The van der Waals surface area contributed by atoms with Crippen molar-refractivity contribution >= 4 is 19.7 Å². The number of carbonyl (C=O) groups excluding carboxylic acids is 2. The normalized spacial score (nSPS) is 14.0. The van der Waals surface area contributed by atoms with E-state index < -0.39 is 20.0 Å². The molecule has 0 aliphatic rings. The Balaban J connectivity index is 4.98. The van der Waals surface area contributed by atoms with Crippen LogP contribution in [0.3, 0.4) is 0 Å². The number of esters is 1. The standard InChI is InChI=1S/C79H143N2O7P/c1-7-10-13-16-19-22-25-27-29-31-33-35-37-39-40-42-44-46-48-50-52-54-57-60-63-66-69-72-79(83)88-77(70-67-64-61-58-55-24-21-18-15-12-9-3)76(75-87-89(84,85)86-74-73-81(4,5)6)80-78(82)71-68-65-62-59-56-53-51-49-47-45-43-41-38-36-34-32-30-28-26-23-20-17-14-11-8-2/h11,14,20,23,27-30,34,36,41,43,47,49,67,70,76-77H,7-10,12-13,15-19,21-22,24-26,31-33,35,37-40,42,44-46,48,50-66,68-69,71-75H2,1-6H3,(H-,80,82,84,85)/p+1/b14-11-,23-20-,29-27+,30-28-,36-34-,43-41-,49-47-,70-67+. The summed E-state index contributed by atoms with van der Waals surface area (Å²) in [4.78, 5) is 37.9. The third kappa shape index (κ3) is 69.1. The van der Waals surface area contributed by atoms with E-state index in [1.807, 2.05) is 33.3 Å². The fourth-order valence-corrected chi connectivity index (χ4v) is 11.5. The number of likely N-dealkylation sites (N-methyl/N-ethyl adjacent to an activating group) is 1. The van der Waals surface area contributed by atoms with E-state index in [1.165, 1.54) is 186 Å². The monoisotopic (exact) mass is 1260 g/mol. The van der Waals surface area contributed by atoms with E-state index in [1.54, 1.807) is 0 Å². The Kier molecular flexibility index (Phi) is 65.5. The van der Waals surface area contributed by atoms with Crippen LogP contribution in [-0.2, 0) is 27.9 Å². The van der Waals surface area contributed by atoms with Crippen LogP contribution in [-0.4, -0.2) is 74.3 Å². The molecule has 0 radical (unpaired) electrons. The van der Waals surface area contributed by atoms with Crippen molar-refractivity contribution in [2.24, 2.45) is 0 Å². The highest BCUT2D eigenvalue weighted by Crippen LogP contribution is 2.43. The zero-order valence-corrected chi connectivity index (χ0v) is 60.1. The highest BCUT2D eigenvalue weighted by Gasteiger charge is 2.30. The Morgan fingerprint density at radius 1 is 0.404 bits per heavy atom. The fraction of sp³-hybridized carbons (Fsp3) is 0.772. The summed E-state index contributed by atoms with van der Waals surface area (Å²) in [5, 5.41) is 3.06. The van der Waals surface area contributed by atoms with E-state index in [4.69, 9.17) is 13.8 Å². The molecule has 0 spiro atoms. The number of nitrogens with zero attached hydrogens (tertiary/aromatic N) is 1. The molecule has 0 aliphatic heterocycles. The summed E-state index contributed by atoms with van der Waals surface area (Å²) < 4.78 is 30.8. The lowest BCUT2D eigenvalue weighted by atomic mass is 10.0. The predicted octanol–water partition coefficient (Wildman–Crippen LogP) is 24.2. The minimum absolute atomic E-state index is 0.0341. The van der Waals surface area contributed by atoms with Gasteiger partial charge in [-0.15, -0.1) is 0 Å². The van der Waals surface area contributed by atoms with Crippen LogP contribution < -0.4 is 5.32 Å². The van der Waals surface area contributed by atoms with Gasteiger partial charge in [0.1, 0.15) is 19.3 Å². The number of allylic oxidation sites excluding steroid dienone is 15. The number of amides is 1. The summed E-state index contributed by atoms with van der Waals surface area (Å²) in [6, 6.07) is -0.862. The van der Waals surface area contributed by atoms with Crippen LogP contribution in [0.5, 0.6) is 0 Å². The van der Waals surface area contributed by atoms with E-state index in [9.17, 15) is 19.0 Å². The van der Waals surface area contributed by atoms with E-state index in [0.29, 0.717) is 17.4 Å². The molecule has 0 aliphatic carbocycles. The summed E-state index contributed by atoms with van der Waals surface area (Å²) in [6.45, 7) is 6.91. The summed E-state index contributed by atoms with van der Waals surface area (Å²) >= 11 is 0. The van der Waals surface area contributed by atoms with Crippen molar-refractivity contribution in [3.63, 3.8) is 0 Å². The van der Waals surface area contributed by atoms with Gasteiger partial charge in [0.2, 0.25) is 5.91 Å². The smallest absolute Gasteiger partial charge is 0.456 e. The number of phosphoric ester groups is 1. The molecule has 0 bridgehead atoms. The summed E-state index contributed by atoms with van der Waals surface area (Å²) in [7, 11) is 1.48. The van der Waals surface area contributed by atoms with Crippen molar-refractivity contribution in [2.45, 2.75) is 354 Å². The van der Waals surface area contributed by atoms with Gasteiger partial charge < -0.3 is 19.4 Å². The van der Waals surface area contributed by atoms with Crippen LogP contribution in [0, 0.1) is 0 Å². The number of unbranched alkanes of at least 4 members (excludes halogenated alkanes) is 38. The molecule has 0 heterocycles. The van der Waals surface area contributed by atoms with Gasteiger partial charge in [0, 0.05) is 12.8 Å². The predicted molar refractivity (Wildman–Crippen MR) is 387 cm³/mol. The molecule has 0 aromatic rings. The fourth-order valence-electron chi connectivity index (χ4n) is 10.8. The first-order valence-electron chi connectivity index (χ1n) is 37.6. The molecule has 0 rings (SSSR count). The Hall–Kier alpha value is -3.07. The minimum Gasteiger partial charge on any atom is -0.456 e. The van der Waals surface area contributed by atoms with Crippen molar-refractivity contribution < 1.29 is 37.3 Å². The summed E-state index contributed by atoms with van der Waals surface area (Å²) in [5.41, 5.74) is 0. The third-order valence-corrected chi connectivity index (χ3v) is 17.5. The molecular formula is C79H144N2O7P+. The molecular weight excluding hydrogens is 1120 g/mol. The van der Waals surface area contributed by atoms with Gasteiger partial charge in [-0.25, -0.2) is 4.57 Å². The number of hydrogen-bond donors (Lipinski definition) is 2. The van der Waals surface area contributed by atoms with Gasteiger partial charge in [0.05, 0.1) is 33.8 Å². The van der Waals surface area contributed by atoms with Crippen molar-refractivity contribution in [3.8, 4) is 0 Å². The van der Waals surface area contributed by atoms with Crippen LogP contribution in [0.25, 0.3) is 0 Å². The summed E-state index contributed by atoms with van der Waals surface area (Å²) in [5.74, 6) is -0.515. The first kappa shape index (κ1) is 85.9. The third-order valence-electron chi connectivity index (χ3n) is 16.5. The van der Waals surface area contributed by atoms with E-state index in [-0.39, 0.29) is 31.5 Å². The van der Waals surface area contributed by atoms with Crippen LogP contribution in [0.4, 0.5) is 0 Å². The Morgan fingerprint density at radius 2 is 0.719 bits per heavy atom. The van der Waals surface area contributed by atoms with Gasteiger partial charge in [-0.2, -0.15) is 0 Å². The molecule has 89 heavy (non-hydrogen) atoms. The van der Waals surface area contributed by atoms with Gasteiger partial charge in [0.25, 0.3) is 0 Å². The number of carbonyl (C=O) groups is 2. The molecule has 0 saturated carbocycles. The number of ether oxygens (including phenoxy) is 1. The zero-order chi connectivity index (χ0) is 64.9. The van der Waals surface area contributed by atoms with E-state index in [0.717, 1.165) is 122 Å². The van der Waals surface area contributed by atoms with Gasteiger partial charge in [-0.3, -0.25) is 18.6 Å². The first-order valence-corrected chi connectivity index (χ1v) is 39.1. The lowest BCUT2D eigenvalue weighted by Crippen LogP contribution is -2.47. The molecule has 0 fully saturated rings. The van der Waals surface area contributed by atoms with Crippen LogP contribution in [0.1, 0.15) is 342 Å². The molecule has 3 atom stereocenters. The quantitative estimate of drug-likeness (QED) is 0.0205. The Morgan fingerprint density at radius 3 is 1.09 bits per heavy atom. The number of nitrogens with one attached hydrogen (secondary N) is 1. The van der Waals surface area contributed by atoms with Gasteiger partial charge in [-0.05, 0) is 109 Å². The summed E-state index contributed by atoms with van der Waals surface area (Å²) in [6.07, 6.45) is 92.9. The number of rotatable bonds is 68. The molecule has 3 unspecified atom stereocenters. The first-order chi connectivity index (χ1) is 43.4. The van der Waals surface area contributed by atoms with Crippen LogP contribution >= 0.6 is 7.82 Å². The largest absolute Gasteiger partial charge is 0.472 e. The van der Waals surface area contributed by atoms with Crippen molar-refractivity contribution in [1.29, 1.82) is 0 Å². The second kappa shape index (κ2) is 67.8. The lowest BCUT2D eigenvalue weighted by molar-refractivity contribution is -0.870. The second-order valence-electron chi connectivity index (χ2n) is 26.4. The SMILES string of the molecule is CC/C=C\C/C=C\C/C=C\C/C=C\C/C=C\C/C=C\CCCCCCCCC(=O)NC(COP(=O)(O)OCC[N+](C)(C)C)C(/C=C/CCCCCCCCCCC)OC(=O)CCCCCCCCCCCCCCCCCCC/C=C/CCCCCCCC. The zero-order valence-electron chi connectivity index (χ0n) is 59.2. The number of phosphoric acid groups is 1. The van der Waals surface area contributed by atoms with Gasteiger partial charge in [0.15, 0.2) is 0 Å². The number of quaternary nitrogens is 1. The number of hydrogen-bond acceptors (Lipinski definition) is 6. The second-order valence-corrected chi connectivity index (χ2v) is 27.9. The average Bonchev–Trinajstić information content (AvgIpc) is 3.62. The molecule has 9 nitrogen and oxygen atoms in total. The molecule has 10 heteroatoms. The average molecular weight is 1270 g/mol. The Bertz CT molecular complexity index is 1840. The molecule has 2 N–H and O–H groups in total. The highest BCUT2D eigenvalue weighted by molar-refractivity contribution is 7.47. The van der Waals surface area contributed by atoms with Crippen molar-refractivity contribution in [1.82, 2.24) is 5.32 Å². The van der Waals surface area contributed by atoms with Crippen molar-refractivity contribution in [2.75, 3.05) is 40.9 Å².